The van der Waals surface area contributed by atoms with Crippen LogP contribution in [-0.2, 0) is 33.8 Å². The van der Waals surface area contributed by atoms with Crippen LogP contribution in [0.4, 0.5) is 0 Å². The van der Waals surface area contributed by atoms with Crippen molar-refractivity contribution in [2.24, 2.45) is 0 Å². The Balaban J connectivity index is -0.000000497. The summed E-state index contributed by atoms with van der Waals surface area (Å²) in [4.78, 5) is 10.8. The number of halogens is 1. The van der Waals surface area contributed by atoms with Crippen molar-refractivity contribution in [1.82, 2.24) is 67.5 Å². The molecule has 548 valence electrons. The molecule has 0 radical (unpaired) electrons. The monoisotopic (exact) mass is 1360 g/mol. The van der Waals surface area contributed by atoms with E-state index in [1.54, 1.807) is 45.5 Å². The van der Waals surface area contributed by atoms with Gasteiger partial charge >= 0.3 is 0 Å². The molecule has 2 heterocycles. The Bertz CT molecular complexity index is 2280. The van der Waals surface area contributed by atoms with Gasteiger partial charge in [0.1, 0.15) is 11.5 Å². The number of aromatic hydroxyl groups is 1. The van der Waals surface area contributed by atoms with Crippen LogP contribution < -0.4 is 52.6 Å². The number of phenolic OH excluding ortho intramolecular Hbond substituents is 1. The van der Waals surface area contributed by atoms with Gasteiger partial charge in [-0.05, 0) is 211 Å². The summed E-state index contributed by atoms with van der Waals surface area (Å²) in [5, 5.41) is 63.8. The molecular weight excluding hydrogens is 1220 g/mol. The van der Waals surface area contributed by atoms with Gasteiger partial charge in [0.2, 0.25) is 0 Å². The minimum Gasteiger partial charge on any atom is -0.508 e. The van der Waals surface area contributed by atoms with Crippen molar-refractivity contribution in [2.75, 3.05) is 205 Å². The maximum Gasteiger partial charge on any atom is 0.170 e. The van der Waals surface area contributed by atoms with E-state index < -0.39 is 12.2 Å². The fourth-order valence-corrected chi connectivity index (χ4v) is 7.64. The van der Waals surface area contributed by atoms with Crippen molar-refractivity contribution in [1.29, 1.82) is 0 Å². The average molecular weight is 1360 g/mol. The van der Waals surface area contributed by atoms with Crippen LogP contribution in [0.1, 0.15) is 86.1 Å². The zero-order valence-electron chi connectivity index (χ0n) is 62.1. The molecule has 1 fully saturated rings. The largest absolute Gasteiger partial charge is 0.508 e. The van der Waals surface area contributed by atoms with Crippen LogP contribution in [-0.4, -0.2) is 257 Å². The fourth-order valence-electron chi connectivity index (χ4n) is 7.44. The van der Waals surface area contributed by atoms with Gasteiger partial charge in [0.15, 0.2) is 6.29 Å². The number of benzene rings is 4. The van der Waals surface area contributed by atoms with E-state index in [4.69, 9.17) is 40.8 Å². The average Bonchev–Trinajstić information content (AvgIpc) is 2.62. The summed E-state index contributed by atoms with van der Waals surface area (Å²) in [6, 6.07) is 38.1. The summed E-state index contributed by atoms with van der Waals surface area (Å²) in [5.41, 5.74) is 5.18. The second-order valence-electron chi connectivity index (χ2n) is 22.4. The highest BCUT2D eigenvalue weighted by molar-refractivity contribution is 6.31. The first-order valence-electron chi connectivity index (χ1n) is 33.5. The number of ether oxygens (including phenoxy) is 4. The maximum absolute atomic E-state index is 9.73. The molecule has 3 atom stereocenters. The molecule has 0 amide bonds. The Hall–Kier alpha value is -4.80. The number of unbranched alkanes of at least 4 members (excludes halogenated alkanes) is 3. The van der Waals surface area contributed by atoms with Crippen molar-refractivity contribution >= 4 is 11.6 Å². The van der Waals surface area contributed by atoms with Gasteiger partial charge in [0, 0.05) is 87.4 Å². The summed E-state index contributed by atoms with van der Waals surface area (Å²) >= 11 is 5.86. The molecule has 1 aliphatic heterocycles. The summed E-state index contributed by atoms with van der Waals surface area (Å²) in [5.74, 6) is 1.13. The van der Waals surface area contributed by atoms with E-state index in [1.807, 2.05) is 153 Å². The van der Waals surface area contributed by atoms with Gasteiger partial charge in [-0.1, -0.05) is 116 Å². The van der Waals surface area contributed by atoms with Gasteiger partial charge < -0.3 is 102 Å². The molecule has 0 spiro atoms. The van der Waals surface area contributed by atoms with Crippen LogP contribution >= 0.6 is 11.6 Å². The van der Waals surface area contributed by atoms with E-state index >= 15 is 0 Å². The number of likely N-dealkylation sites (N-methyl/N-ethyl adjacent to an activating group) is 7. The molecule has 21 nitrogen and oxygen atoms in total. The highest BCUT2D eigenvalue weighted by atomic mass is 35.5. The zero-order valence-corrected chi connectivity index (χ0v) is 62.8. The number of phenols is 1. The number of nitrogens with one attached hydrogen (secondary N) is 9. The minimum absolute atomic E-state index is 0.000000000000000222. The van der Waals surface area contributed by atoms with Crippen molar-refractivity contribution in [3.05, 3.63) is 160 Å². The summed E-state index contributed by atoms with van der Waals surface area (Å²) in [6.45, 7) is 17.8. The van der Waals surface area contributed by atoms with E-state index in [0.717, 1.165) is 117 Å². The van der Waals surface area contributed by atoms with Crippen molar-refractivity contribution in [3.63, 3.8) is 0 Å². The third kappa shape index (κ3) is 64.9. The smallest absolute Gasteiger partial charge is 0.170 e. The Kier molecular flexibility index (Phi) is 74.7. The molecule has 1 aromatic heterocycles. The van der Waals surface area contributed by atoms with Crippen LogP contribution in [0, 0.1) is 0 Å². The number of aliphatic hydroxyl groups is 3. The Labute approximate surface area is 582 Å². The van der Waals surface area contributed by atoms with Crippen molar-refractivity contribution < 1.29 is 39.4 Å². The van der Waals surface area contributed by atoms with Gasteiger partial charge in [0.25, 0.3) is 0 Å². The number of methoxy groups -OCH3 is 1. The van der Waals surface area contributed by atoms with Crippen LogP contribution in [0.3, 0.4) is 0 Å². The zero-order chi connectivity index (χ0) is 72.0. The number of nitrogens with zero attached hydrogens (tertiary/aromatic N) is 4. The molecule has 13 N–H and O–H groups in total. The minimum atomic E-state index is -0.504. The molecule has 0 saturated carbocycles. The van der Waals surface area contributed by atoms with Crippen LogP contribution in [0.25, 0.3) is 0 Å². The quantitative estimate of drug-likeness (QED) is 0.0187. The lowest BCUT2D eigenvalue weighted by atomic mass is 10.0. The molecule has 1 unspecified atom stereocenters. The second kappa shape index (κ2) is 73.4. The van der Waals surface area contributed by atoms with E-state index in [9.17, 15) is 10.2 Å². The molecule has 1 saturated heterocycles. The lowest BCUT2D eigenvalue weighted by Crippen LogP contribution is -2.28. The van der Waals surface area contributed by atoms with Crippen molar-refractivity contribution in [2.45, 2.75) is 90.1 Å². The van der Waals surface area contributed by atoms with Crippen LogP contribution in [0.5, 0.6) is 11.5 Å². The maximum atomic E-state index is 9.73. The molecule has 4 aromatic carbocycles. The number of para-hydroxylation sites is 1. The normalized spacial score (nSPS) is 12.1. The van der Waals surface area contributed by atoms with Crippen LogP contribution in [0.15, 0.2) is 128 Å². The summed E-state index contributed by atoms with van der Waals surface area (Å²) in [7, 11) is 31.3. The highest BCUT2D eigenvalue weighted by Crippen LogP contribution is 2.19. The van der Waals surface area contributed by atoms with E-state index in [0.29, 0.717) is 19.7 Å². The standard InChI is InChI=1S/C16H27NO2.C10H15NO.C9H13NO2.C8H10ClN.C8H12N2.C6H16N2.C5H14N2.C5H11NO2.C3H9NO.C3H9N/c1-17(2)12-8-4-5-9-13-19-14-15-10-6-7-11-16(15)18-3;1-8(11-2)10(12)9-6-4-3-5-7-9;1-10-6-9(12)7-2-4-8(11)5-3-7;1-10-6-7-4-2-3-5-8(7)9;1-9-7-5-8-4-2-3-6-10-8;1-7-5-4-6-8(2)3;1-6-4-5-7(2)3;1-6-4-5-7-2-3-8-5;1-4-2-3-5;1-3-4-2/h6-7,10-11H,4-5,8-9,12-14H2,1-3H3;3-8,10-12H,1-2H3;2-5,9-12H,6H2,1H3;2-5,10H,6H2,1H3;2-4,6,9H,5,7H2,1H3;7H,4-6H2,1-3H3;6H,4-5H2,1-3H3;5-6H,2-4H2,1H3;4-5H,2-3H2,1H3;4H,3H2,1-2H3/t;8-,10+;;;;;;;;/m.0......../s1. The third-order valence-electron chi connectivity index (χ3n) is 13.1. The SMILES string of the molecule is CCNC.CNCC(O)c1ccc(O)cc1.CNCC1OCCO1.CNCCCN(C)C.CNCCN(C)C.CNCCO.CNCCc1ccccn1.CNCc1ccccc1Cl.CN[C@@H](C)[C@@H](O)c1ccccc1.COc1ccccc1COCCCCCCN(C)C. The molecule has 22 heteroatoms. The number of aromatic nitrogens is 1. The Morgan fingerprint density at radius 3 is 1.60 bits per heavy atom. The molecule has 0 bridgehead atoms. The highest BCUT2D eigenvalue weighted by Gasteiger charge is 2.14. The lowest BCUT2D eigenvalue weighted by molar-refractivity contribution is -0.0378. The van der Waals surface area contributed by atoms with E-state index in [1.165, 1.54) is 38.8 Å². The second-order valence-corrected chi connectivity index (χ2v) is 22.8. The molecule has 6 rings (SSSR count). The van der Waals surface area contributed by atoms with Gasteiger partial charge in [-0.3, -0.25) is 4.98 Å². The van der Waals surface area contributed by atoms with E-state index in [2.05, 4.69) is 123 Å². The van der Waals surface area contributed by atoms with Crippen molar-refractivity contribution in [3.8, 4) is 11.5 Å². The molecule has 0 aliphatic carbocycles. The predicted molar refractivity (Wildman–Crippen MR) is 402 cm³/mol. The number of pyridine rings is 1. The number of hydrogen-bond donors (Lipinski definition) is 13. The van der Waals surface area contributed by atoms with Gasteiger partial charge in [0.05, 0.1) is 45.7 Å². The Morgan fingerprint density at radius 1 is 0.579 bits per heavy atom. The summed E-state index contributed by atoms with van der Waals surface area (Å²) in [6.07, 6.45) is 8.11. The topological polar surface area (TPSA) is 249 Å². The first-order valence-corrected chi connectivity index (χ1v) is 33.8. The molecule has 5 aromatic rings. The Morgan fingerprint density at radius 2 is 1.13 bits per heavy atom. The van der Waals surface area contributed by atoms with Gasteiger partial charge in [-0.2, -0.15) is 0 Å². The van der Waals surface area contributed by atoms with E-state index in [-0.39, 0.29) is 24.7 Å². The molecular formula is C73H136ClN13O8. The predicted octanol–water partition coefficient (Wildman–Crippen LogP) is 7.14. The first kappa shape index (κ1) is 96.6. The fraction of sp³-hybridized carbons (Fsp3) is 0.603. The number of aliphatic hydroxyl groups excluding tert-OH is 3. The summed E-state index contributed by atoms with van der Waals surface area (Å²) < 4.78 is 21.2. The number of rotatable bonds is 33. The lowest BCUT2D eigenvalue weighted by Gasteiger charge is -2.17. The van der Waals surface area contributed by atoms with Gasteiger partial charge in [-0.15, -0.1) is 0 Å². The third-order valence-corrected chi connectivity index (χ3v) is 13.5. The molecule has 95 heavy (non-hydrogen) atoms. The number of hydrogen-bond acceptors (Lipinski definition) is 21. The van der Waals surface area contributed by atoms with Gasteiger partial charge in [-0.25, -0.2) is 0 Å². The van der Waals surface area contributed by atoms with Crippen LogP contribution in [0.2, 0.25) is 5.02 Å². The molecule has 1 aliphatic rings. The first-order chi connectivity index (χ1) is 45.8.